The molecule has 0 atom stereocenters. The standard InChI is InChI=1S/C14H14N2S2/c1-9-13(12-7-4-8-17-12)15-14-16(9)10-5-2-3-6-11(10)18-14/h4,7-8H,2-3,5-6H2,1H3. The smallest absolute Gasteiger partial charge is 0.194 e. The van der Waals surface area contributed by atoms with Crippen molar-refractivity contribution in [2.45, 2.75) is 32.6 Å². The van der Waals surface area contributed by atoms with Gasteiger partial charge in [0.2, 0.25) is 0 Å². The molecule has 1 aliphatic rings. The first-order chi connectivity index (χ1) is 8.84. The van der Waals surface area contributed by atoms with Crippen molar-refractivity contribution < 1.29 is 0 Å². The molecule has 0 aromatic carbocycles. The lowest BCUT2D eigenvalue weighted by atomic mass is 10.0. The molecule has 0 amide bonds. The second-order valence-electron chi connectivity index (χ2n) is 4.82. The molecular weight excluding hydrogens is 260 g/mol. The van der Waals surface area contributed by atoms with Crippen molar-refractivity contribution in [3.05, 3.63) is 33.8 Å². The Morgan fingerprint density at radius 2 is 2.17 bits per heavy atom. The Bertz CT molecular complexity index is 704. The monoisotopic (exact) mass is 274 g/mol. The van der Waals surface area contributed by atoms with Gasteiger partial charge in [-0.2, -0.15) is 0 Å². The van der Waals surface area contributed by atoms with E-state index in [0.717, 1.165) is 0 Å². The highest BCUT2D eigenvalue weighted by molar-refractivity contribution is 7.17. The normalized spacial score (nSPS) is 15.2. The van der Waals surface area contributed by atoms with Gasteiger partial charge in [0.25, 0.3) is 0 Å². The number of imidazole rings is 1. The number of aryl methyl sites for hydroxylation is 3. The molecule has 1 aliphatic carbocycles. The SMILES string of the molecule is Cc1c(-c2cccs2)nc2sc3c(n12)CCCC3. The minimum absolute atomic E-state index is 1.17. The first-order valence-electron chi connectivity index (χ1n) is 6.38. The van der Waals surface area contributed by atoms with Gasteiger partial charge in [0, 0.05) is 16.3 Å². The van der Waals surface area contributed by atoms with Gasteiger partial charge >= 0.3 is 0 Å². The summed E-state index contributed by atoms with van der Waals surface area (Å²) in [6.45, 7) is 2.21. The van der Waals surface area contributed by atoms with Gasteiger partial charge in [-0.25, -0.2) is 4.98 Å². The van der Waals surface area contributed by atoms with E-state index in [9.17, 15) is 0 Å². The molecule has 0 saturated carbocycles. The van der Waals surface area contributed by atoms with E-state index in [1.54, 1.807) is 16.2 Å². The summed E-state index contributed by atoms with van der Waals surface area (Å²) in [6.07, 6.45) is 5.13. The molecule has 0 N–H and O–H groups in total. The van der Waals surface area contributed by atoms with Crippen molar-refractivity contribution in [2.75, 3.05) is 0 Å². The molecule has 0 fully saturated rings. The number of hydrogen-bond acceptors (Lipinski definition) is 3. The van der Waals surface area contributed by atoms with E-state index in [1.807, 2.05) is 11.3 Å². The Labute approximate surface area is 114 Å². The fourth-order valence-electron chi connectivity index (χ4n) is 2.83. The van der Waals surface area contributed by atoms with E-state index in [1.165, 1.54) is 52.6 Å². The summed E-state index contributed by atoms with van der Waals surface area (Å²) < 4.78 is 2.40. The van der Waals surface area contributed by atoms with E-state index < -0.39 is 0 Å². The number of thiazole rings is 1. The van der Waals surface area contributed by atoms with E-state index in [0.29, 0.717) is 0 Å². The zero-order chi connectivity index (χ0) is 12.1. The molecule has 2 nitrogen and oxygen atoms in total. The zero-order valence-corrected chi connectivity index (χ0v) is 11.9. The lowest BCUT2D eigenvalue weighted by Gasteiger charge is -2.11. The van der Waals surface area contributed by atoms with Crippen LogP contribution in [0.15, 0.2) is 17.5 Å². The van der Waals surface area contributed by atoms with E-state index in [4.69, 9.17) is 4.98 Å². The summed E-state index contributed by atoms with van der Waals surface area (Å²) in [7, 11) is 0. The van der Waals surface area contributed by atoms with Crippen LogP contribution in [0.25, 0.3) is 15.5 Å². The van der Waals surface area contributed by atoms with Crippen molar-refractivity contribution in [3.63, 3.8) is 0 Å². The highest BCUT2D eigenvalue weighted by Gasteiger charge is 2.21. The average Bonchev–Trinajstić information content (AvgIpc) is 3.05. The first kappa shape index (κ1) is 10.8. The molecule has 3 aromatic heterocycles. The van der Waals surface area contributed by atoms with Crippen LogP contribution in [0, 0.1) is 6.92 Å². The van der Waals surface area contributed by atoms with Gasteiger partial charge in [-0.05, 0) is 44.1 Å². The summed E-state index contributed by atoms with van der Waals surface area (Å²) in [5.74, 6) is 0. The fraction of sp³-hybridized carbons (Fsp3) is 0.357. The molecule has 4 heteroatoms. The average molecular weight is 274 g/mol. The molecule has 3 heterocycles. The van der Waals surface area contributed by atoms with Gasteiger partial charge in [-0.3, -0.25) is 4.40 Å². The van der Waals surface area contributed by atoms with Crippen molar-refractivity contribution in [1.29, 1.82) is 0 Å². The molecule has 0 unspecified atom stereocenters. The molecule has 3 aromatic rings. The van der Waals surface area contributed by atoms with E-state index in [-0.39, 0.29) is 0 Å². The van der Waals surface area contributed by atoms with Crippen molar-refractivity contribution in [1.82, 2.24) is 9.38 Å². The largest absolute Gasteiger partial charge is 0.291 e. The number of thiophene rings is 1. The van der Waals surface area contributed by atoms with Crippen molar-refractivity contribution in [2.24, 2.45) is 0 Å². The third kappa shape index (κ3) is 1.42. The topological polar surface area (TPSA) is 17.3 Å². The maximum absolute atomic E-state index is 4.85. The van der Waals surface area contributed by atoms with Crippen LogP contribution in [0.4, 0.5) is 0 Å². The van der Waals surface area contributed by atoms with E-state index in [2.05, 4.69) is 28.8 Å². The minimum Gasteiger partial charge on any atom is -0.291 e. The molecule has 0 radical (unpaired) electrons. The van der Waals surface area contributed by atoms with Crippen LogP contribution in [0.5, 0.6) is 0 Å². The predicted octanol–water partition coefficient (Wildman–Crippen LogP) is 4.31. The number of rotatable bonds is 1. The first-order valence-corrected chi connectivity index (χ1v) is 8.07. The Kier molecular flexibility index (Phi) is 2.35. The maximum atomic E-state index is 4.85. The summed E-state index contributed by atoms with van der Waals surface area (Å²) in [4.78, 5) is 8.88. The molecular formula is C14H14N2S2. The highest BCUT2D eigenvalue weighted by atomic mass is 32.1. The molecule has 0 spiro atoms. The van der Waals surface area contributed by atoms with Crippen LogP contribution in [0.2, 0.25) is 0 Å². The third-order valence-electron chi connectivity index (χ3n) is 3.71. The number of fused-ring (bicyclic) bond motifs is 3. The highest BCUT2D eigenvalue weighted by Crippen LogP contribution is 2.35. The maximum Gasteiger partial charge on any atom is 0.194 e. The van der Waals surface area contributed by atoms with Crippen LogP contribution < -0.4 is 0 Å². The van der Waals surface area contributed by atoms with Gasteiger partial charge in [-0.15, -0.1) is 22.7 Å². The molecule has 0 bridgehead atoms. The lowest BCUT2D eigenvalue weighted by Crippen LogP contribution is -2.03. The Hall–Kier alpha value is -1.13. The summed E-state index contributed by atoms with van der Waals surface area (Å²) in [6, 6.07) is 4.26. The van der Waals surface area contributed by atoms with Gasteiger partial charge in [0.15, 0.2) is 4.96 Å². The van der Waals surface area contributed by atoms with Gasteiger partial charge in [0.1, 0.15) is 5.69 Å². The van der Waals surface area contributed by atoms with Gasteiger partial charge in [-0.1, -0.05) is 6.07 Å². The predicted molar refractivity (Wildman–Crippen MR) is 77.8 cm³/mol. The lowest BCUT2D eigenvalue weighted by molar-refractivity contribution is 0.672. The molecule has 92 valence electrons. The Morgan fingerprint density at radius 3 is 3.00 bits per heavy atom. The van der Waals surface area contributed by atoms with Crippen LogP contribution in [0.1, 0.15) is 29.1 Å². The Morgan fingerprint density at radius 1 is 1.28 bits per heavy atom. The van der Waals surface area contributed by atoms with Crippen LogP contribution in [-0.2, 0) is 12.8 Å². The van der Waals surface area contributed by atoms with Gasteiger partial charge < -0.3 is 0 Å². The fourth-order valence-corrected chi connectivity index (χ4v) is 4.85. The molecule has 0 saturated heterocycles. The quantitative estimate of drug-likeness (QED) is 0.646. The van der Waals surface area contributed by atoms with Crippen LogP contribution in [-0.4, -0.2) is 9.38 Å². The minimum atomic E-state index is 1.17. The number of hydrogen-bond donors (Lipinski definition) is 0. The van der Waals surface area contributed by atoms with E-state index >= 15 is 0 Å². The van der Waals surface area contributed by atoms with Crippen LogP contribution in [0.3, 0.4) is 0 Å². The molecule has 18 heavy (non-hydrogen) atoms. The van der Waals surface area contributed by atoms with Crippen molar-refractivity contribution >= 4 is 27.6 Å². The van der Waals surface area contributed by atoms with Crippen molar-refractivity contribution in [3.8, 4) is 10.6 Å². The second kappa shape index (κ2) is 3.93. The molecule has 0 aliphatic heterocycles. The van der Waals surface area contributed by atoms with Crippen LogP contribution >= 0.6 is 22.7 Å². The second-order valence-corrected chi connectivity index (χ2v) is 6.83. The summed E-state index contributed by atoms with van der Waals surface area (Å²) >= 11 is 3.66. The zero-order valence-electron chi connectivity index (χ0n) is 10.3. The Balaban J connectivity index is 1.98. The summed E-state index contributed by atoms with van der Waals surface area (Å²) in [5, 5.41) is 2.12. The van der Waals surface area contributed by atoms with Gasteiger partial charge in [0.05, 0.1) is 4.88 Å². The molecule has 4 rings (SSSR count). The summed E-state index contributed by atoms with van der Waals surface area (Å²) in [5.41, 5.74) is 4.01. The third-order valence-corrected chi connectivity index (χ3v) is 5.72. The number of aromatic nitrogens is 2. The number of nitrogens with zero attached hydrogens (tertiary/aromatic N) is 2.